The molecule has 0 bridgehead atoms. The SMILES string of the molecule is CCc1ccc(OCC(=O)Oc2ccc3c(c2)OC(N)=C(C#N)C3c2ccc(C)cc2)cc1. The van der Waals surface area contributed by atoms with Gasteiger partial charge >= 0.3 is 5.97 Å². The van der Waals surface area contributed by atoms with Gasteiger partial charge in [-0.25, -0.2) is 4.79 Å². The molecule has 166 valence electrons. The van der Waals surface area contributed by atoms with Crippen molar-refractivity contribution in [1.29, 1.82) is 5.26 Å². The number of carbonyl (C=O) groups is 1. The zero-order valence-electron chi connectivity index (χ0n) is 18.5. The lowest BCUT2D eigenvalue weighted by molar-refractivity contribution is -0.136. The Labute approximate surface area is 192 Å². The predicted molar refractivity (Wildman–Crippen MR) is 124 cm³/mol. The molecule has 1 aliphatic rings. The molecule has 0 fully saturated rings. The summed E-state index contributed by atoms with van der Waals surface area (Å²) < 4.78 is 16.6. The Balaban J connectivity index is 1.51. The summed E-state index contributed by atoms with van der Waals surface area (Å²) in [6.07, 6.45) is 0.934. The van der Waals surface area contributed by atoms with Crippen molar-refractivity contribution in [3.63, 3.8) is 0 Å². The van der Waals surface area contributed by atoms with Gasteiger partial charge in [0.15, 0.2) is 6.61 Å². The largest absolute Gasteiger partial charge is 0.482 e. The molecular weight excluding hydrogens is 416 g/mol. The number of carbonyl (C=O) groups excluding carboxylic acids is 1. The number of allylic oxidation sites excluding steroid dienone is 1. The molecule has 4 rings (SSSR count). The Morgan fingerprint density at radius 2 is 1.76 bits per heavy atom. The van der Waals surface area contributed by atoms with E-state index in [1.807, 2.05) is 55.5 Å². The van der Waals surface area contributed by atoms with E-state index in [-0.39, 0.29) is 18.4 Å². The summed E-state index contributed by atoms with van der Waals surface area (Å²) in [6.45, 7) is 3.85. The molecule has 0 aliphatic carbocycles. The summed E-state index contributed by atoms with van der Waals surface area (Å²) in [5, 5.41) is 9.68. The third-order valence-corrected chi connectivity index (χ3v) is 5.52. The molecule has 0 amide bonds. The van der Waals surface area contributed by atoms with Crippen molar-refractivity contribution in [3.05, 3.63) is 100 Å². The number of nitrogens with two attached hydrogens (primary N) is 1. The summed E-state index contributed by atoms with van der Waals surface area (Å²) in [7, 11) is 0. The van der Waals surface area contributed by atoms with Crippen molar-refractivity contribution in [3.8, 4) is 23.3 Å². The van der Waals surface area contributed by atoms with Crippen LogP contribution in [0.4, 0.5) is 0 Å². The van der Waals surface area contributed by atoms with Gasteiger partial charge in [0, 0.05) is 11.6 Å². The third-order valence-electron chi connectivity index (χ3n) is 5.52. The molecule has 0 saturated heterocycles. The van der Waals surface area contributed by atoms with Gasteiger partial charge in [0.05, 0.1) is 5.92 Å². The second kappa shape index (κ2) is 9.49. The number of hydrogen-bond donors (Lipinski definition) is 1. The lowest BCUT2D eigenvalue weighted by Crippen LogP contribution is -2.21. The Morgan fingerprint density at radius 3 is 2.42 bits per heavy atom. The minimum absolute atomic E-state index is 0.0397. The zero-order chi connectivity index (χ0) is 23.4. The molecule has 0 radical (unpaired) electrons. The molecule has 3 aromatic rings. The molecule has 6 heteroatoms. The molecule has 3 aromatic carbocycles. The molecule has 0 saturated carbocycles. The van der Waals surface area contributed by atoms with E-state index >= 15 is 0 Å². The minimum atomic E-state index is -0.540. The van der Waals surface area contributed by atoms with Crippen LogP contribution in [0.25, 0.3) is 0 Å². The van der Waals surface area contributed by atoms with Crippen LogP contribution in [0.2, 0.25) is 0 Å². The number of fused-ring (bicyclic) bond motifs is 1. The van der Waals surface area contributed by atoms with Crippen molar-refractivity contribution in [1.82, 2.24) is 0 Å². The van der Waals surface area contributed by atoms with Crippen molar-refractivity contribution in [2.45, 2.75) is 26.2 Å². The van der Waals surface area contributed by atoms with E-state index in [1.54, 1.807) is 18.2 Å². The van der Waals surface area contributed by atoms with E-state index in [0.717, 1.165) is 23.1 Å². The summed E-state index contributed by atoms with van der Waals surface area (Å²) in [4.78, 5) is 12.3. The van der Waals surface area contributed by atoms with Gasteiger partial charge in [-0.05, 0) is 42.7 Å². The van der Waals surface area contributed by atoms with Gasteiger partial charge < -0.3 is 19.9 Å². The van der Waals surface area contributed by atoms with Crippen LogP contribution in [0.3, 0.4) is 0 Å². The van der Waals surface area contributed by atoms with Crippen LogP contribution in [-0.2, 0) is 11.2 Å². The second-order valence-corrected chi connectivity index (χ2v) is 7.80. The zero-order valence-corrected chi connectivity index (χ0v) is 18.5. The van der Waals surface area contributed by atoms with Crippen molar-refractivity contribution in [2.24, 2.45) is 5.73 Å². The average molecular weight is 440 g/mol. The molecule has 0 spiro atoms. The standard InChI is InChI=1S/C27H24N2O4/c1-3-18-6-10-20(11-7-18)31-16-25(30)32-21-12-13-22-24(14-21)33-27(29)23(15-28)26(22)19-8-4-17(2)5-9-19/h4-14,26H,3,16,29H2,1-2H3. The highest BCUT2D eigenvalue weighted by atomic mass is 16.6. The first-order chi connectivity index (χ1) is 16.0. The predicted octanol–water partition coefficient (Wildman–Crippen LogP) is 4.76. The molecule has 6 nitrogen and oxygen atoms in total. The summed E-state index contributed by atoms with van der Waals surface area (Å²) >= 11 is 0. The van der Waals surface area contributed by atoms with E-state index in [1.165, 1.54) is 5.56 Å². The van der Waals surface area contributed by atoms with Gasteiger partial charge in [0.2, 0.25) is 5.88 Å². The number of hydrogen-bond acceptors (Lipinski definition) is 6. The smallest absolute Gasteiger partial charge is 0.349 e. The molecule has 2 N–H and O–H groups in total. The highest BCUT2D eigenvalue weighted by Crippen LogP contribution is 2.43. The number of ether oxygens (including phenoxy) is 3. The second-order valence-electron chi connectivity index (χ2n) is 7.80. The maximum Gasteiger partial charge on any atom is 0.349 e. The van der Waals surface area contributed by atoms with Crippen LogP contribution < -0.4 is 19.9 Å². The summed E-state index contributed by atoms with van der Waals surface area (Å²) in [5.41, 5.74) is 10.4. The number of esters is 1. The van der Waals surface area contributed by atoms with Gasteiger partial charge in [-0.15, -0.1) is 0 Å². The fraction of sp³-hybridized carbons (Fsp3) is 0.185. The Kier molecular flexibility index (Phi) is 6.32. The lowest BCUT2D eigenvalue weighted by atomic mass is 9.83. The normalized spacial score (nSPS) is 14.6. The number of benzene rings is 3. The molecular formula is C27H24N2O4. The molecule has 1 heterocycles. The van der Waals surface area contributed by atoms with Crippen molar-refractivity contribution >= 4 is 5.97 Å². The number of nitriles is 1. The maximum atomic E-state index is 12.3. The van der Waals surface area contributed by atoms with Crippen LogP contribution >= 0.6 is 0 Å². The van der Waals surface area contributed by atoms with E-state index < -0.39 is 5.97 Å². The summed E-state index contributed by atoms with van der Waals surface area (Å²) in [6, 6.07) is 22.7. The van der Waals surface area contributed by atoms with Crippen molar-refractivity contribution < 1.29 is 19.0 Å². The van der Waals surface area contributed by atoms with Crippen LogP contribution in [0, 0.1) is 18.3 Å². The fourth-order valence-electron chi connectivity index (χ4n) is 3.73. The Bertz CT molecular complexity index is 1240. The van der Waals surface area contributed by atoms with Gasteiger partial charge in [-0.2, -0.15) is 5.26 Å². The van der Waals surface area contributed by atoms with Gasteiger partial charge in [-0.1, -0.05) is 55.0 Å². The molecule has 33 heavy (non-hydrogen) atoms. The highest BCUT2D eigenvalue weighted by molar-refractivity contribution is 5.74. The number of nitrogens with zero attached hydrogens (tertiary/aromatic N) is 1. The first-order valence-corrected chi connectivity index (χ1v) is 10.7. The van der Waals surface area contributed by atoms with Crippen LogP contribution in [0.1, 0.15) is 35.1 Å². The monoisotopic (exact) mass is 440 g/mol. The fourth-order valence-corrected chi connectivity index (χ4v) is 3.73. The first kappa shape index (κ1) is 22.0. The van der Waals surface area contributed by atoms with Crippen LogP contribution in [0.15, 0.2) is 78.2 Å². The average Bonchev–Trinajstić information content (AvgIpc) is 2.82. The highest BCUT2D eigenvalue weighted by Gasteiger charge is 2.31. The lowest BCUT2D eigenvalue weighted by Gasteiger charge is -2.26. The Hall–Kier alpha value is -4.24. The van der Waals surface area contributed by atoms with Crippen LogP contribution in [-0.4, -0.2) is 12.6 Å². The Morgan fingerprint density at radius 1 is 1.06 bits per heavy atom. The van der Waals surface area contributed by atoms with Gasteiger partial charge in [0.25, 0.3) is 0 Å². The minimum Gasteiger partial charge on any atom is -0.482 e. The number of aryl methyl sites for hydroxylation is 2. The molecule has 1 atom stereocenters. The molecule has 1 aliphatic heterocycles. The van der Waals surface area contributed by atoms with Crippen molar-refractivity contribution in [2.75, 3.05) is 6.61 Å². The summed E-state index contributed by atoms with van der Waals surface area (Å²) in [5.74, 6) is 0.483. The van der Waals surface area contributed by atoms with Gasteiger partial charge in [0.1, 0.15) is 28.9 Å². The molecule has 1 unspecified atom stereocenters. The van der Waals surface area contributed by atoms with Gasteiger partial charge in [-0.3, -0.25) is 0 Å². The first-order valence-electron chi connectivity index (χ1n) is 10.7. The number of rotatable bonds is 6. The van der Waals surface area contributed by atoms with E-state index in [9.17, 15) is 10.1 Å². The maximum absolute atomic E-state index is 12.3. The quantitative estimate of drug-likeness (QED) is 0.439. The third kappa shape index (κ3) is 4.83. The van der Waals surface area contributed by atoms with E-state index in [4.69, 9.17) is 19.9 Å². The molecule has 0 aromatic heterocycles. The van der Waals surface area contributed by atoms with E-state index in [2.05, 4.69) is 13.0 Å². The van der Waals surface area contributed by atoms with E-state index in [0.29, 0.717) is 22.8 Å². The van der Waals surface area contributed by atoms with Crippen LogP contribution in [0.5, 0.6) is 17.2 Å². The topological polar surface area (TPSA) is 94.6 Å².